The van der Waals surface area contributed by atoms with Crippen LogP contribution in [0.2, 0.25) is 5.02 Å². The lowest BCUT2D eigenvalue weighted by Crippen LogP contribution is -2.20. The van der Waals surface area contributed by atoms with Gasteiger partial charge in [0.25, 0.3) is 0 Å². The number of nitrogens with zero attached hydrogens (tertiary/aromatic N) is 3. The zero-order valence-corrected chi connectivity index (χ0v) is 17.0. The number of anilines is 2. The summed E-state index contributed by atoms with van der Waals surface area (Å²) < 4.78 is 7.21. The molecular weight excluding hydrogens is 390 g/mol. The molecule has 0 saturated heterocycles. The van der Waals surface area contributed by atoms with Gasteiger partial charge in [0.2, 0.25) is 0 Å². The Morgan fingerprint density at radius 1 is 1.10 bits per heavy atom. The van der Waals surface area contributed by atoms with Crippen LogP contribution in [0.5, 0.6) is 0 Å². The molecule has 0 aliphatic heterocycles. The number of halogens is 1. The SMILES string of the molecule is CC(C)(C)c1cc(NC(=O)Nc2ccc(-n3cnc4ccccc43)cc2Cl)no1. The van der Waals surface area contributed by atoms with Crippen LogP contribution >= 0.6 is 11.6 Å². The highest BCUT2D eigenvalue weighted by Crippen LogP contribution is 2.28. The number of para-hydroxylation sites is 2. The first-order valence-corrected chi connectivity index (χ1v) is 9.46. The van der Waals surface area contributed by atoms with Crippen molar-refractivity contribution in [1.29, 1.82) is 0 Å². The van der Waals surface area contributed by atoms with Crippen molar-refractivity contribution >= 4 is 40.2 Å². The number of aromatic nitrogens is 3. The zero-order valence-electron chi connectivity index (χ0n) is 16.2. The molecule has 4 rings (SSSR count). The van der Waals surface area contributed by atoms with E-state index >= 15 is 0 Å². The highest BCUT2D eigenvalue weighted by Gasteiger charge is 2.20. The molecule has 0 fully saturated rings. The van der Waals surface area contributed by atoms with Crippen LogP contribution in [0.15, 0.2) is 59.4 Å². The quantitative estimate of drug-likeness (QED) is 0.460. The first-order chi connectivity index (χ1) is 13.8. The van der Waals surface area contributed by atoms with Crippen molar-refractivity contribution in [2.45, 2.75) is 26.2 Å². The molecule has 2 heterocycles. The van der Waals surface area contributed by atoms with Gasteiger partial charge in [-0.25, -0.2) is 9.78 Å². The van der Waals surface area contributed by atoms with E-state index in [4.69, 9.17) is 16.1 Å². The molecule has 0 spiro atoms. The maximum Gasteiger partial charge on any atom is 0.324 e. The zero-order chi connectivity index (χ0) is 20.6. The van der Waals surface area contributed by atoms with E-state index < -0.39 is 6.03 Å². The van der Waals surface area contributed by atoms with Crippen LogP contribution in [0.3, 0.4) is 0 Å². The number of nitrogens with one attached hydrogen (secondary N) is 2. The Morgan fingerprint density at radius 2 is 1.90 bits per heavy atom. The van der Waals surface area contributed by atoms with E-state index in [1.54, 1.807) is 24.5 Å². The maximum atomic E-state index is 12.3. The highest BCUT2D eigenvalue weighted by molar-refractivity contribution is 6.34. The normalized spacial score (nSPS) is 11.6. The van der Waals surface area contributed by atoms with E-state index in [1.807, 2.05) is 55.7 Å². The lowest BCUT2D eigenvalue weighted by atomic mass is 9.93. The number of hydrogen-bond donors (Lipinski definition) is 2. The molecule has 2 aromatic heterocycles. The fourth-order valence-corrected chi connectivity index (χ4v) is 3.10. The van der Waals surface area contributed by atoms with Crippen LogP contribution < -0.4 is 10.6 Å². The second-order valence-electron chi connectivity index (χ2n) is 7.67. The molecule has 148 valence electrons. The van der Waals surface area contributed by atoms with Crippen LogP contribution in [0.4, 0.5) is 16.3 Å². The fraction of sp³-hybridized carbons (Fsp3) is 0.190. The van der Waals surface area contributed by atoms with E-state index in [0.29, 0.717) is 22.3 Å². The van der Waals surface area contributed by atoms with Crippen molar-refractivity contribution in [3.8, 4) is 5.69 Å². The number of amides is 2. The predicted octanol–water partition coefficient (Wildman–Crippen LogP) is 5.61. The van der Waals surface area contributed by atoms with Crippen molar-refractivity contribution < 1.29 is 9.32 Å². The summed E-state index contributed by atoms with van der Waals surface area (Å²) in [5, 5.41) is 9.66. The summed E-state index contributed by atoms with van der Waals surface area (Å²) >= 11 is 6.40. The van der Waals surface area contributed by atoms with Gasteiger partial charge in [0, 0.05) is 17.2 Å². The lowest BCUT2D eigenvalue weighted by molar-refractivity contribution is 0.262. The van der Waals surface area contributed by atoms with Gasteiger partial charge in [0.1, 0.15) is 12.1 Å². The number of fused-ring (bicyclic) bond motifs is 1. The summed E-state index contributed by atoms with van der Waals surface area (Å²) in [4.78, 5) is 16.7. The molecule has 2 aromatic carbocycles. The second kappa shape index (κ2) is 7.25. The average molecular weight is 410 g/mol. The molecule has 7 nitrogen and oxygen atoms in total. The minimum Gasteiger partial charge on any atom is -0.359 e. The Labute approximate surface area is 172 Å². The van der Waals surface area contributed by atoms with Crippen molar-refractivity contribution in [2.75, 3.05) is 10.6 Å². The van der Waals surface area contributed by atoms with Gasteiger partial charge in [-0.15, -0.1) is 0 Å². The van der Waals surface area contributed by atoms with Crippen LogP contribution in [-0.2, 0) is 5.41 Å². The summed E-state index contributed by atoms with van der Waals surface area (Å²) in [6.07, 6.45) is 1.74. The van der Waals surface area contributed by atoms with Crippen LogP contribution in [-0.4, -0.2) is 20.7 Å². The second-order valence-corrected chi connectivity index (χ2v) is 8.08. The highest BCUT2D eigenvalue weighted by atomic mass is 35.5. The van der Waals surface area contributed by atoms with Gasteiger partial charge in [-0.2, -0.15) is 0 Å². The molecule has 0 saturated carbocycles. The third kappa shape index (κ3) is 3.95. The molecule has 2 amide bonds. The van der Waals surface area contributed by atoms with Crippen LogP contribution in [0.25, 0.3) is 16.7 Å². The number of carbonyl (C=O) groups is 1. The summed E-state index contributed by atoms with van der Waals surface area (Å²) in [5.41, 5.74) is 3.01. The Bertz CT molecular complexity index is 1190. The minimum absolute atomic E-state index is 0.194. The molecule has 2 N–H and O–H groups in total. The number of rotatable bonds is 3. The minimum atomic E-state index is -0.457. The van der Waals surface area contributed by atoms with E-state index in [9.17, 15) is 4.79 Å². The number of urea groups is 1. The molecule has 4 aromatic rings. The monoisotopic (exact) mass is 409 g/mol. The van der Waals surface area contributed by atoms with Crippen LogP contribution in [0, 0.1) is 0 Å². The first-order valence-electron chi connectivity index (χ1n) is 9.08. The van der Waals surface area contributed by atoms with Gasteiger partial charge in [-0.1, -0.05) is 49.7 Å². The summed E-state index contributed by atoms with van der Waals surface area (Å²) in [6.45, 7) is 6.01. The summed E-state index contributed by atoms with van der Waals surface area (Å²) in [5.74, 6) is 1.02. The first kappa shape index (κ1) is 19.0. The maximum absolute atomic E-state index is 12.3. The molecule has 0 aliphatic rings. The predicted molar refractivity (Wildman–Crippen MR) is 114 cm³/mol. The smallest absolute Gasteiger partial charge is 0.324 e. The van der Waals surface area contributed by atoms with Gasteiger partial charge in [0.05, 0.1) is 21.7 Å². The fourth-order valence-electron chi connectivity index (χ4n) is 2.88. The Balaban J connectivity index is 1.50. The largest absolute Gasteiger partial charge is 0.359 e. The van der Waals surface area contributed by atoms with Crippen molar-refractivity contribution in [3.05, 3.63) is 65.6 Å². The topological polar surface area (TPSA) is 85.0 Å². The van der Waals surface area contributed by atoms with E-state index in [-0.39, 0.29) is 5.41 Å². The molecule has 0 aliphatic carbocycles. The third-order valence-electron chi connectivity index (χ3n) is 4.42. The molecular formula is C21H20ClN5O2. The van der Waals surface area contributed by atoms with Gasteiger partial charge < -0.3 is 9.84 Å². The Hall–Kier alpha value is -3.32. The van der Waals surface area contributed by atoms with E-state index in [0.717, 1.165) is 16.7 Å². The molecule has 29 heavy (non-hydrogen) atoms. The molecule has 8 heteroatoms. The number of hydrogen-bond acceptors (Lipinski definition) is 4. The third-order valence-corrected chi connectivity index (χ3v) is 4.74. The molecule has 0 radical (unpaired) electrons. The number of imidazole rings is 1. The molecule has 0 unspecified atom stereocenters. The Morgan fingerprint density at radius 3 is 2.62 bits per heavy atom. The number of carbonyl (C=O) groups excluding carboxylic acids is 1. The van der Waals surface area contributed by atoms with E-state index in [2.05, 4.69) is 20.8 Å². The average Bonchev–Trinajstić information content (AvgIpc) is 3.30. The van der Waals surface area contributed by atoms with Crippen molar-refractivity contribution in [2.24, 2.45) is 0 Å². The van der Waals surface area contributed by atoms with Gasteiger partial charge >= 0.3 is 6.03 Å². The van der Waals surface area contributed by atoms with Gasteiger partial charge in [0.15, 0.2) is 5.82 Å². The number of benzene rings is 2. The van der Waals surface area contributed by atoms with Crippen LogP contribution in [0.1, 0.15) is 26.5 Å². The van der Waals surface area contributed by atoms with E-state index in [1.165, 1.54) is 0 Å². The Kier molecular flexibility index (Phi) is 4.76. The lowest BCUT2D eigenvalue weighted by Gasteiger charge is -2.12. The standard InChI is InChI=1S/C21H20ClN5O2/c1-21(2,3)18-11-19(26-29-18)25-20(28)24-15-9-8-13(10-14(15)22)27-12-23-16-6-4-5-7-17(16)27/h4-12H,1-3H3,(H2,24,25,26,28). The summed E-state index contributed by atoms with van der Waals surface area (Å²) in [7, 11) is 0. The summed E-state index contributed by atoms with van der Waals surface area (Å²) in [6, 6.07) is 14.5. The van der Waals surface area contributed by atoms with Gasteiger partial charge in [-0.3, -0.25) is 9.88 Å². The van der Waals surface area contributed by atoms with Gasteiger partial charge in [-0.05, 0) is 30.3 Å². The molecule has 0 atom stereocenters. The van der Waals surface area contributed by atoms with Crippen molar-refractivity contribution in [1.82, 2.24) is 14.7 Å². The van der Waals surface area contributed by atoms with Crippen molar-refractivity contribution in [3.63, 3.8) is 0 Å². The molecule has 0 bridgehead atoms.